The lowest BCUT2D eigenvalue weighted by molar-refractivity contribution is -0.109. The summed E-state index contributed by atoms with van der Waals surface area (Å²) in [6.07, 6.45) is 6.59. The van der Waals surface area contributed by atoms with E-state index in [0.717, 1.165) is 49.0 Å². The normalized spacial score (nSPS) is 17.0. The fraction of sp³-hybridized carbons (Fsp3) is 0.382. The number of carbonyl (C=O) groups excluding carboxylic acids is 1. The van der Waals surface area contributed by atoms with Gasteiger partial charge < -0.3 is 35.7 Å². The van der Waals surface area contributed by atoms with Crippen LogP contribution in [0, 0.1) is 5.41 Å². The second-order valence-electron chi connectivity index (χ2n) is 12.0. The van der Waals surface area contributed by atoms with E-state index in [0.29, 0.717) is 40.7 Å². The Hall–Kier alpha value is -4.61. The van der Waals surface area contributed by atoms with Crippen molar-refractivity contribution >= 4 is 23.6 Å². The average molecular weight is 613 g/mol. The van der Waals surface area contributed by atoms with E-state index in [1.54, 1.807) is 7.05 Å². The van der Waals surface area contributed by atoms with Crippen molar-refractivity contribution in [3.63, 3.8) is 0 Å². The number of carbonyl (C=O) groups is 1. The molecule has 4 aromatic rings. The number of aldehydes is 1. The zero-order chi connectivity index (χ0) is 32.4. The number of hydrogen-bond donors (Lipinski definition) is 5. The summed E-state index contributed by atoms with van der Waals surface area (Å²) in [5.41, 5.74) is 8.28. The number of likely N-dealkylation sites (N-methyl/N-ethyl adjacent to an activating group) is 1. The fourth-order valence-electron chi connectivity index (χ4n) is 5.01. The number of rotatable bonds is 10. The third kappa shape index (κ3) is 8.96. The van der Waals surface area contributed by atoms with E-state index in [9.17, 15) is 4.79 Å². The van der Waals surface area contributed by atoms with Crippen molar-refractivity contribution in [2.45, 2.75) is 70.0 Å². The van der Waals surface area contributed by atoms with Gasteiger partial charge in [-0.3, -0.25) is 5.41 Å². The third-order valence-electron chi connectivity index (χ3n) is 7.76. The third-order valence-corrected chi connectivity index (χ3v) is 7.76. The number of ether oxygens (including phenoxy) is 1. The highest BCUT2D eigenvalue weighted by molar-refractivity contribution is 6.16. The summed E-state index contributed by atoms with van der Waals surface area (Å²) >= 11 is 0. The molecule has 2 aromatic carbocycles. The molecule has 6 N–H and O–H groups in total. The molecule has 11 nitrogen and oxygen atoms in total. The summed E-state index contributed by atoms with van der Waals surface area (Å²) in [6.45, 7) is 6.10. The molecule has 2 heterocycles. The van der Waals surface area contributed by atoms with Crippen LogP contribution in [0.4, 0.5) is 11.6 Å². The molecule has 1 fully saturated rings. The number of nitrogen functional groups attached to an aromatic ring is 1. The van der Waals surface area contributed by atoms with Crippen LogP contribution in [0.2, 0.25) is 0 Å². The quantitative estimate of drug-likeness (QED) is 0.112. The largest absolute Gasteiger partial charge is 0.457 e. The minimum Gasteiger partial charge on any atom is -0.457 e. The molecule has 0 amide bonds. The van der Waals surface area contributed by atoms with Crippen LogP contribution in [0.15, 0.2) is 71.5 Å². The molecule has 0 saturated heterocycles. The van der Waals surface area contributed by atoms with Gasteiger partial charge in [-0.15, -0.1) is 0 Å². The van der Waals surface area contributed by atoms with Crippen LogP contribution in [0.1, 0.15) is 75.1 Å². The van der Waals surface area contributed by atoms with Crippen molar-refractivity contribution in [1.29, 1.82) is 5.41 Å². The minimum absolute atomic E-state index is 0.0770. The Balaban J connectivity index is 0.000000276. The Morgan fingerprint density at radius 3 is 2.22 bits per heavy atom. The van der Waals surface area contributed by atoms with Gasteiger partial charge in [0.15, 0.2) is 0 Å². The van der Waals surface area contributed by atoms with Gasteiger partial charge in [0.1, 0.15) is 53.2 Å². The van der Waals surface area contributed by atoms with Crippen LogP contribution in [-0.2, 0) is 10.2 Å². The lowest BCUT2D eigenvalue weighted by Crippen LogP contribution is -2.35. The molecule has 1 unspecified atom stereocenters. The second-order valence-corrected chi connectivity index (χ2v) is 12.0. The number of anilines is 2. The molecule has 5 rings (SSSR count). The van der Waals surface area contributed by atoms with Crippen LogP contribution in [0.25, 0.3) is 0 Å². The molecule has 45 heavy (non-hydrogen) atoms. The van der Waals surface area contributed by atoms with Crippen LogP contribution in [0.5, 0.6) is 11.5 Å². The summed E-state index contributed by atoms with van der Waals surface area (Å²) in [7, 11) is 3.73. The van der Waals surface area contributed by atoms with Crippen molar-refractivity contribution in [2.75, 3.05) is 25.1 Å². The van der Waals surface area contributed by atoms with Crippen molar-refractivity contribution in [1.82, 2.24) is 25.8 Å². The standard InChI is InChI=1S/C24H28N6O.C10H16N2O2/c1-27-17-9-11-18(12-10-17)30-24-21(23(26)28-15-29-24)22(25)16-7-13-20(14-8-16)31-19-5-3-2-4-6-19;1-10(2,3)9-5-7(12-14-9)8(6-13)11-4/h2-8,13-15,17-18,25,27H,9-12H2,1H3,(H3,26,28,29,30);5-6,8,11H,1-4H3. The average Bonchev–Trinajstić information content (AvgIpc) is 3.54. The van der Waals surface area contributed by atoms with Gasteiger partial charge in [-0.2, -0.15) is 0 Å². The minimum atomic E-state index is -0.380. The van der Waals surface area contributed by atoms with E-state index < -0.39 is 0 Å². The first-order valence-corrected chi connectivity index (χ1v) is 15.2. The first-order valence-electron chi connectivity index (χ1n) is 15.2. The van der Waals surface area contributed by atoms with Crippen LogP contribution >= 0.6 is 0 Å². The first kappa shape index (κ1) is 33.3. The molecule has 238 valence electrons. The maximum atomic E-state index is 10.7. The number of para-hydroxylation sites is 1. The fourth-order valence-corrected chi connectivity index (χ4v) is 5.01. The molecule has 0 bridgehead atoms. The van der Waals surface area contributed by atoms with E-state index in [2.05, 4.69) is 31.1 Å². The number of hydrogen-bond acceptors (Lipinski definition) is 11. The molecule has 2 aromatic heterocycles. The van der Waals surface area contributed by atoms with Gasteiger partial charge in [0.25, 0.3) is 0 Å². The van der Waals surface area contributed by atoms with Crippen molar-refractivity contribution in [3.8, 4) is 11.5 Å². The van der Waals surface area contributed by atoms with E-state index in [1.807, 2.05) is 88.5 Å². The van der Waals surface area contributed by atoms with Crippen molar-refractivity contribution < 1.29 is 14.1 Å². The zero-order valence-corrected chi connectivity index (χ0v) is 26.6. The maximum absolute atomic E-state index is 10.7. The summed E-state index contributed by atoms with van der Waals surface area (Å²) < 4.78 is 11.0. The van der Waals surface area contributed by atoms with Gasteiger partial charge in [-0.05, 0) is 76.2 Å². The van der Waals surface area contributed by atoms with E-state index in [4.69, 9.17) is 20.4 Å². The Morgan fingerprint density at radius 2 is 1.64 bits per heavy atom. The number of nitrogens with zero attached hydrogens (tertiary/aromatic N) is 3. The Kier molecular flexibility index (Phi) is 11.4. The van der Waals surface area contributed by atoms with Crippen LogP contribution < -0.4 is 26.4 Å². The van der Waals surface area contributed by atoms with Gasteiger partial charge in [0, 0.05) is 29.1 Å². The monoisotopic (exact) mass is 612 g/mol. The zero-order valence-electron chi connectivity index (χ0n) is 26.6. The number of nitrogens with two attached hydrogens (primary N) is 1. The molecule has 0 spiro atoms. The van der Waals surface area contributed by atoms with Gasteiger partial charge in [0.2, 0.25) is 0 Å². The highest BCUT2D eigenvalue weighted by Gasteiger charge is 2.24. The van der Waals surface area contributed by atoms with E-state index in [-0.39, 0.29) is 17.2 Å². The lowest BCUT2D eigenvalue weighted by Gasteiger charge is -2.29. The van der Waals surface area contributed by atoms with Gasteiger partial charge in [-0.25, -0.2) is 9.97 Å². The lowest BCUT2D eigenvalue weighted by atomic mass is 9.91. The summed E-state index contributed by atoms with van der Waals surface area (Å²) in [4.78, 5) is 19.2. The van der Waals surface area contributed by atoms with Gasteiger partial charge in [-0.1, -0.05) is 44.1 Å². The van der Waals surface area contributed by atoms with Crippen molar-refractivity contribution in [3.05, 3.63) is 89.6 Å². The topological polar surface area (TPSA) is 164 Å². The molecule has 0 radical (unpaired) electrons. The van der Waals surface area contributed by atoms with E-state index >= 15 is 0 Å². The summed E-state index contributed by atoms with van der Waals surface area (Å²) in [5.74, 6) is 3.19. The Labute approximate surface area is 264 Å². The van der Waals surface area contributed by atoms with Crippen LogP contribution in [0.3, 0.4) is 0 Å². The van der Waals surface area contributed by atoms with E-state index in [1.165, 1.54) is 6.33 Å². The second kappa shape index (κ2) is 15.4. The highest BCUT2D eigenvalue weighted by atomic mass is 16.5. The predicted molar refractivity (Wildman–Crippen MR) is 177 cm³/mol. The number of nitrogens with one attached hydrogen (secondary N) is 4. The molecule has 1 aliphatic rings. The maximum Gasteiger partial charge on any atom is 0.143 e. The molecule has 1 aliphatic carbocycles. The molecule has 0 aliphatic heterocycles. The van der Waals surface area contributed by atoms with Gasteiger partial charge in [0.05, 0.1) is 11.3 Å². The molecule has 1 atom stereocenters. The highest BCUT2D eigenvalue weighted by Crippen LogP contribution is 2.28. The molecular formula is C34H44N8O3. The Bertz CT molecular complexity index is 1530. The molecule has 11 heteroatoms. The Morgan fingerprint density at radius 1 is 1.00 bits per heavy atom. The number of aromatic nitrogens is 3. The van der Waals surface area contributed by atoms with Gasteiger partial charge >= 0.3 is 0 Å². The SMILES string of the molecule is CNC(C=O)c1cc(C(C)(C)C)on1.CNC1CCC(Nc2ncnc(N)c2C(=N)c2ccc(Oc3ccccc3)cc2)CC1. The van der Waals surface area contributed by atoms with Crippen LogP contribution in [-0.4, -0.2) is 53.3 Å². The molecular weight excluding hydrogens is 568 g/mol. The summed E-state index contributed by atoms with van der Waals surface area (Å²) in [6, 6.07) is 19.3. The molecule has 1 saturated carbocycles. The van der Waals surface area contributed by atoms with Crippen molar-refractivity contribution in [2.24, 2.45) is 0 Å². The number of benzene rings is 2. The smallest absolute Gasteiger partial charge is 0.143 e. The first-order chi connectivity index (χ1) is 21.6. The predicted octanol–water partition coefficient (Wildman–Crippen LogP) is 5.64. The summed E-state index contributed by atoms with van der Waals surface area (Å²) in [5, 5.41) is 22.3.